The van der Waals surface area contributed by atoms with Crippen molar-refractivity contribution < 1.29 is 0 Å². The molecule has 2 nitrogen and oxygen atoms in total. The van der Waals surface area contributed by atoms with Crippen LogP contribution in [0.3, 0.4) is 0 Å². The van der Waals surface area contributed by atoms with Gasteiger partial charge in [-0.25, -0.2) is 4.98 Å². The number of pyridine rings is 2. The SMILES string of the molecule is CC(C)(C)c1ccc(-c2cccc(-c3ccccn3)n2)cc1. The Morgan fingerprint density at radius 2 is 1.36 bits per heavy atom. The van der Waals surface area contributed by atoms with E-state index < -0.39 is 0 Å². The van der Waals surface area contributed by atoms with E-state index in [1.165, 1.54) is 5.56 Å². The van der Waals surface area contributed by atoms with Crippen LogP contribution in [0.5, 0.6) is 0 Å². The van der Waals surface area contributed by atoms with Crippen molar-refractivity contribution in [1.29, 1.82) is 0 Å². The molecule has 3 aromatic rings. The van der Waals surface area contributed by atoms with Crippen LogP contribution in [0.25, 0.3) is 22.6 Å². The zero-order chi connectivity index (χ0) is 15.6. The molecule has 0 spiro atoms. The second-order valence-electron chi connectivity index (χ2n) is 6.45. The molecule has 110 valence electrons. The second kappa shape index (κ2) is 5.72. The fourth-order valence-electron chi connectivity index (χ4n) is 2.39. The number of benzene rings is 1. The molecule has 0 N–H and O–H groups in total. The standard InChI is InChI=1S/C20H20N2/c1-20(2,3)16-12-10-15(11-13-16)17-8-6-9-19(22-17)18-7-4-5-14-21-18/h4-14H,1-3H3. The summed E-state index contributed by atoms with van der Waals surface area (Å²) in [6.07, 6.45) is 1.79. The van der Waals surface area contributed by atoms with Gasteiger partial charge in [-0.05, 0) is 35.2 Å². The third-order valence-corrected chi connectivity index (χ3v) is 3.72. The highest BCUT2D eigenvalue weighted by Gasteiger charge is 2.13. The van der Waals surface area contributed by atoms with Crippen LogP contribution < -0.4 is 0 Å². The number of hydrogen-bond acceptors (Lipinski definition) is 2. The van der Waals surface area contributed by atoms with Crippen LogP contribution in [0.1, 0.15) is 26.3 Å². The molecule has 1 aromatic carbocycles. The molecule has 2 aromatic heterocycles. The van der Waals surface area contributed by atoms with Gasteiger partial charge in [0.15, 0.2) is 0 Å². The molecule has 0 bridgehead atoms. The maximum atomic E-state index is 4.74. The van der Waals surface area contributed by atoms with Gasteiger partial charge in [0, 0.05) is 11.8 Å². The molecule has 0 unspecified atom stereocenters. The topological polar surface area (TPSA) is 25.8 Å². The summed E-state index contributed by atoms with van der Waals surface area (Å²) in [5, 5.41) is 0. The molecule has 0 saturated carbocycles. The van der Waals surface area contributed by atoms with Crippen LogP contribution in [0.4, 0.5) is 0 Å². The number of rotatable bonds is 2. The molecule has 0 amide bonds. The Bertz CT molecular complexity index is 754. The monoisotopic (exact) mass is 288 g/mol. The Balaban J connectivity index is 1.96. The first-order valence-electron chi connectivity index (χ1n) is 7.53. The minimum atomic E-state index is 0.168. The molecule has 0 radical (unpaired) electrons. The Morgan fingerprint density at radius 3 is 2.00 bits per heavy atom. The lowest BCUT2D eigenvalue weighted by Crippen LogP contribution is -2.10. The van der Waals surface area contributed by atoms with Gasteiger partial charge in [-0.2, -0.15) is 0 Å². The zero-order valence-corrected chi connectivity index (χ0v) is 13.2. The van der Waals surface area contributed by atoms with Crippen molar-refractivity contribution in [2.24, 2.45) is 0 Å². The van der Waals surface area contributed by atoms with E-state index in [9.17, 15) is 0 Å². The molecule has 2 heterocycles. The first-order chi connectivity index (χ1) is 10.5. The fourth-order valence-corrected chi connectivity index (χ4v) is 2.39. The van der Waals surface area contributed by atoms with E-state index in [0.717, 1.165) is 22.6 Å². The molecule has 0 fully saturated rings. The number of hydrogen-bond donors (Lipinski definition) is 0. The van der Waals surface area contributed by atoms with E-state index in [-0.39, 0.29) is 5.41 Å². The Labute approximate surface area is 131 Å². The largest absolute Gasteiger partial charge is 0.255 e. The zero-order valence-electron chi connectivity index (χ0n) is 13.2. The van der Waals surface area contributed by atoms with Crippen molar-refractivity contribution in [1.82, 2.24) is 9.97 Å². The van der Waals surface area contributed by atoms with Crippen LogP contribution in [0, 0.1) is 0 Å². The summed E-state index contributed by atoms with van der Waals surface area (Å²) in [6, 6.07) is 20.6. The minimum Gasteiger partial charge on any atom is -0.255 e. The van der Waals surface area contributed by atoms with Crippen LogP contribution in [-0.2, 0) is 5.41 Å². The highest BCUT2D eigenvalue weighted by atomic mass is 14.8. The lowest BCUT2D eigenvalue weighted by atomic mass is 9.86. The van der Waals surface area contributed by atoms with Gasteiger partial charge in [-0.1, -0.05) is 57.2 Å². The first-order valence-corrected chi connectivity index (χ1v) is 7.53. The van der Waals surface area contributed by atoms with Gasteiger partial charge in [0.2, 0.25) is 0 Å². The van der Waals surface area contributed by atoms with Gasteiger partial charge in [0.25, 0.3) is 0 Å². The molecule has 0 aliphatic carbocycles. The van der Waals surface area contributed by atoms with Crippen LogP contribution in [0.15, 0.2) is 66.9 Å². The van der Waals surface area contributed by atoms with E-state index >= 15 is 0 Å². The average Bonchev–Trinajstić information content (AvgIpc) is 2.55. The number of aromatic nitrogens is 2. The summed E-state index contributed by atoms with van der Waals surface area (Å²) >= 11 is 0. The molecule has 0 saturated heterocycles. The molecule has 0 aliphatic heterocycles. The third-order valence-electron chi connectivity index (χ3n) is 3.72. The Hall–Kier alpha value is -2.48. The predicted molar refractivity (Wildman–Crippen MR) is 91.6 cm³/mol. The second-order valence-corrected chi connectivity index (χ2v) is 6.45. The van der Waals surface area contributed by atoms with Crippen molar-refractivity contribution >= 4 is 0 Å². The summed E-state index contributed by atoms with van der Waals surface area (Å²) in [5.74, 6) is 0. The van der Waals surface area contributed by atoms with Gasteiger partial charge in [0.05, 0.1) is 17.1 Å². The van der Waals surface area contributed by atoms with Gasteiger partial charge in [0.1, 0.15) is 0 Å². The van der Waals surface area contributed by atoms with Gasteiger partial charge in [-0.15, -0.1) is 0 Å². The normalized spacial score (nSPS) is 11.4. The van der Waals surface area contributed by atoms with E-state index in [2.05, 4.69) is 50.0 Å². The quantitative estimate of drug-likeness (QED) is 0.655. The average molecular weight is 288 g/mol. The summed E-state index contributed by atoms with van der Waals surface area (Å²) in [6.45, 7) is 6.67. The molecule has 3 rings (SSSR count). The van der Waals surface area contributed by atoms with E-state index in [1.807, 2.05) is 36.4 Å². The summed E-state index contributed by atoms with van der Waals surface area (Å²) in [4.78, 5) is 9.11. The lowest BCUT2D eigenvalue weighted by Gasteiger charge is -2.19. The first kappa shape index (κ1) is 14.5. The van der Waals surface area contributed by atoms with Crippen LogP contribution in [-0.4, -0.2) is 9.97 Å². The van der Waals surface area contributed by atoms with Crippen molar-refractivity contribution in [3.8, 4) is 22.6 Å². The van der Waals surface area contributed by atoms with Crippen LogP contribution in [0.2, 0.25) is 0 Å². The molecule has 0 aliphatic rings. The predicted octanol–water partition coefficient (Wildman–Crippen LogP) is 5.11. The molecule has 2 heteroatoms. The van der Waals surface area contributed by atoms with E-state index in [0.29, 0.717) is 0 Å². The van der Waals surface area contributed by atoms with Gasteiger partial charge >= 0.3 is 0 Å². The summed E-state index contributed by atoms with van der Waals surface area (Å²) in [7, 11) is 0. The third kappa shape index (κ3) is 3.06. The van der Waals surface area contributed by atoms with Crippen molar-refractivity contribution in [2.75, 3.05) is 0 Å². The van der Waals surface area contributed by atoms with Crippen molar-refractivity contribution in [3.63, 3.8) is 0 Å². The lowest BCUT2D eigenvalue weighted by molar-refractivity contribution is 0.590. The van der Waals surface area contributed by atoms with Crippen LogP contribution >= 0.6 is 0 Å². The molecule has 0 atom stereocenters. The van der Waals surface area contributed by atoms with Crippen molar-refractivity contribution in [3.05, 3.63) is 72.4 Å². The van der Waals surface area contributed by atoms with Crippen molar-refractivity contribution in [2.45, 2.75) is 26.2 Å². The van der Waals surface area contributed by atoms with E-state index in [4.69, 9.17) is 4.98 Å². The summed E-state index contributed by atoms with van der Waals surface area (Å²) in [5.41, 5.74) is 5.40. The molecular formula is C20H20N2. The highest BCUT2D eigenvalue weighted by Crippen LogP contribution is 2.26. The Morgan fingerprint density at radius 1 is 0.682 bits per heavy atom. The number of nitrogens with zero attached hydrogens (tertiary/aromatic N) is 2. The summed E-state index contributed by atoms with van der Waals surface area (Å²) < 4.78 is 0. The van der Waals surface area contributed by atoms with E-state index in [1.54, 1.807) is 6.20 Å². The maximum absolute atomic E-state index is 4.74. The minimum absolute atomic E-state index is 0.168. The van der Waals surface area contributed by atoms with Gasteiger partial charge < -0.3 is 0 Å². The maximum Gasteiger partial charge on any atom is 0.0893 e. The smallest absolute Gasteiger partial charge is 0.0893 e. The fraction of sp³-hybridized carbons (Fsp3) is 0.200. The Kier molecular flexibility index (Phi) is 3.76. The van der Waals surface area contributed by atoms with Gasteiger partial charge in [-0.3, -0.25) is 4.98 Å². The highest BCUT2D eigenvalue weighted by molar-refractivity contribution is 5.64. The molecular weight excluding hydrogens is 268 g/mol. The molecule has 22 heavy (non-hydrogen) atoms.